The van der Waals surface area contributed by atoms with Crippen molar-refractivity contribution >= 4 is 71.2 Å². The zero-order valence-corrected chi connectivity index (χ0v) is 26.1. The number of para-hydroxylation sites is 3. The molecule has 10 aromatic rings. The van der Waals surface area contributed by atoms with Crippen molar-refractivity contribution in [3.05, 3.63) is 163 Å². The van der Waals surface area contributed by atoms with E-state index < -0.39 is 0 Å². The van der Waals surface area contributed by atoms with Gasteiger partial charge in [-0.05, 0) is 83.9 Å². The highest BCUT2D eigenvalue weighted by atomic mass is 16.3. The lowest BCUT2D eigenvalue weighted by molar-refractivity contribution is 0.673. The van der Waals surface area contributed by atoms with Gasteiger partial charge in [0.05, 0.1) is 51.3 Å². The largest absolute Gasteiger partial charge is 0.455 e. The van der Waals surface area contributed by atoms with E-state index in [1.807, 2.05) is 30.3 Å². The summed E-state index contributed by atoms with van der Waals surface area (Å²) in [5.41, 5.74) is 10.8. The number of aromatic nitrogens is 2. The first kappa shape index (κ1) is 27.1. The van der Waals surface area contributed by atoms with Crippen LogP contribution >= 0.6 is 0 Å². The van der Waals surface area contributed by atoms with Crippen LogP contribution in [0.25, 0.3) is 92.9 Å². The summed E-state index contributed by atoms with van der Waals surface area (Å²) in [4.78, 5) is 3.57. The van der Waals surface area contributed by atoms with Gasteiger partial charge >= 0.3 is 0 Å². The normalized spacial score (nSPS) is 11.6. The number of nitrogens with zero attached hydrogens (tertiary/aromatic N) is 4. The second-order valence-corrected chi connectivity index (χ2v) is 12.3. The molecule has 0 spiro atoms. The van der Waals surface area contributed by atoms with Crippen molar-refractivity contribution in [3.63, 3.8) is 0 Å². The smallest absolute Gasteiger partial charge is 0.188 e. The average Bonchev–Trinajstić information content (AvgIpc) is 3.82. The van der Waals surface area contributed by atoms with Crippen molar-refractivity contribution < 1.29 is 4.42 Å². The van der Waals surface area contributed by atoms with Crippen molar-refractivity contribution in [2.24, 2.45) is 0 Å². The van der Waals surface area contributed by atoms with Crippen LogP contribution in [0, 0.1) is 17.9 Å². The molecule has 10 rings (SSSR count). The Morgan fingerprint density at radius 1 is 0.551 bits per heavy atom. The lowest BCUT2D eigenvalue weighted by Gasteiger charge is -2.11. The van der Waals surface area contributed by atoms with E-state index in [9.17, 15) is 5.26 Å². The Morgan fingerprint density at radius 2 is 1.22 bits per heavy atom. The standard InChI is InChI=1S/C44H24N4O/c1-46-30-17-21-37(29(23-30)26-45)48-40-20-16-28(25-36(40)43-41(48)22-18-34-33-12-6-8-14-42(33)49-44(34)43)27-15-19-39-35(24-27)32-11-5-7-13-38(32)47(39)31-9-3-2-4-10-31/h2-25H. The summed E-state index contributed by atoms with van der Waals surface area (Å²) < 4.78 is 11.0. The summed E-state index contributed by atoms with van der Waals surface area (Å²) in [5.74, 6) is 0. The molecule has 0 aliphatic heterocycles. The number of nitriles is 1. The van der Waals surface area contributed by atoms with Crippen molar-refractivity contribution in [2.75, 3.05) is 0 Å². The number of furan rings is 1. The summed E-state index contributed by atoms with van der Waals surface area (Å²) in [6.45, 7) is 7.51. The molecule has 3 aromatic heterocycles. The van der Waals surface area contributed by atoms with Crippen molar-refractivity contribution in [1.29, 1.82) is 5.26 Å². The van der Waals surface area contributed by atoms with Gasteiger partial charge in [-0.1, -0.05) is 72.8 Å². The van der Waals surface area contributed by atoms with Crippen LogP contribution < -0.4 is 0 Å². The minimum absolute atomic E-state index is 0.437. The third kappa shape index (κ3) is 3.85. The monoisotopic (exact) mass is 624 g/mol. The van der Waals surface area contributed by atoms with E-state index in [1.54, 1.807) is 12.1 Å². The number of hydrogen-bond donors (Lipinski definition) is 0. The zero-order valence-electron chi connectivity index (χ0n) is 26.1. The SMILES string of the molecule is [C-]#[N+]c1ccc(-n2c3ccc(-c4ccc5c(c4)c4ccccc4n5-c4ccccc4)cc3c3c4oc5ccccc5c4ccc32)c(C#N)c1. The van der Waals surface area contributed by atoms with Gasteiger partial charge in [0.15, 0.2) is 5.69 Å². The third-order valence-electron chi connectivity index (χ3n) is 9.76. The molecule has 0 atom stereocenters. The Bertz CT molecular complexity index is 3070. The highest BCUT2D eigenvalue weighted by Crippen LogP contribution is 2.43. The van der Waals surface area contributed by atoms with Gasteiger partial charge < -0.3 is 13.6 Å². The molecule has 0 N–H and O–H groups in total. The number of benzene rings is 7. The number of fused-ring (bicyclic) bond motifs is 10. The predicted octanol–water partition coefficient (Wildman–Crippen LogP) is 11.9. The van der Waals surface area contributed by atoms with Crippen molar-refractivity contribution in [3.8, 4) is 28.6 Å². The van der Waals surface area contributed by atoms with E-state index in [1.165, 1.54) is 16.3 Å². The Labute approximate surface area is 280 Å². The van der Waals surface area contributed by atoms with E-state index in [0.29, 0.717) is 11.3 Å². The number of hydrogen-bond acceptors (Lipinski definition) is 2. The van der Waals surface area contributed by atoms with Gasteiger partial charge in [0.2, 0.25) is 0 Å². The Hall–Kier alpha value is -7.08. The maximum absolute atomic E-state index is 10.2. The van der Waals surface area contributed by atoms with E-state index in [-0.39, 0.29) is 0 Å². The van der Waals surface area contributed by atoms with E-state index in [4.69, 9.17) is 11.0 Å². The second kappa shape index (κ2) is 10.2. The van der Waals surface area contributed by atoms with Gasteiger partial charge in [-0.25, -0.2) is 4.85 Å². The molecule has 0 aliphatic rings. The van der Waals surface area contributed by atoms with Crippen LogP contribution in [0.3, 0.4) is 0 Å². The van der Waals surface area contributed by atoms with Crippen LogP contribution in [0.5, 0.6) is 0 Å². The van der Waals surface area contributed by atoms with Crippen LogP contribution in [0.2, 0.25) is 0 Å². The molecular formula is C44H24N4O. The van der Waals surface area contributed by atoms with Gasteiger partial charge in [-0.2, -0.15) is 5.26 Å². The molecule has 0 saturated heterocycles. The fraction of sp³-hybridized carbons (Fsp3) is 0. The Kier molecular flexibility index (Phi) is 5.64. The van der Waals surface area contributed by atoms with Crippen LogP contribution in [-0.4, -0.2) is 9.13 Å². The Morgan fingerprint density at radius 3 is 2.02 bits per heavy atom. The van der Waals surface area contributed by atoms with Gasteiger partial charge in [-0.3, -0.25) is 0 Å². The van der Waals surface area contributed by atoms with Crippen LogP contribution in [0.1, 0.15) is 5.56 Å². The summed E-state index contributed by atoms with van der Waals surface area (Å²) in [6.07, 6.45) is 0. The summed E-state index contributed by atoms with van der Waals surface area (Å²) in [5, 5.41) is 16.7. The molecule has 0 aliphatic carbocycles. The van der Waals surface area contributed by atoms with Gasteiger partial charge in [0, 0.05) is 32.6 Å². The maximum atomic E-state index is 10.2. The molecule has 5 nitrogen and oxygen atoms in total. The van der Waals surface area contributed by atoms with Crippen molar-refractivity contribution in [2.45, 2.75) is 0 Å². The predicted molar refractivity (Wildman–Crippen MR) is 199 cm³/mol. The van der Waals surface area contributed by atoms with Gasteiger partial charge in [-0.15, -0.1) is 0 Å². The fourth-order valence-corrected chi connectivity index (χ4v) is 7.61. The quantitative estimate of drug-likeness (QED) is 0.184. The molecule has 226 valence electrons. The molecule has 0 unspecified atom stereocenters. The first-order chi connectivity index (χ1) is 24.2. The topological polar surface area (TPSA) is 51.1 Å². The highest BCUT2D eigenvalue weighted by molar-refractivity contribution is 6.24. The molecule has 0 saturated carbocycles. The molecule has 7 aromatic carbocycles. The maximum Gasteiger partial charge on any atom is 0.188 e. The molecule has 0 radical (unpaired) electrons. The molecule has 5 heteroatoms. The first-order valence-corrected chi connectivity index (χ1v) is 16.1. The molecule has 3 heterocycles. The third-order valence-corrected chi connectivity index (χ3v) is 9.76. The van der Waals surface area contributed by atoms with Crippen molar-refractivity contribution in [1.82, 2.24) is 9.13 Å². The van der Waals surface area contributed by atoms with E-state index in [0.717, 1.165) is 71.8 Å². The van der Waals surface area contributed by atoms with Gasteiger partial charge in [0.25, 0.3) is 0 Å². The fourth-order valence-electron chi connectivity index (χ4n) is 7.61. The number of rotatable bonds is 3. The summed E-state index contributed by atoms with van der Waals surface area (Å²) in [6, 6.07) is 52.3. The minimum Gasteiger partial charge on any atom is -0.455 e. The molecular weight excluding hydrogens is 601 g/mol. The van der Waals surface area contributed by atoms with Crippen LogP contribution in [-0.2, 0) is 0 Å². The van der Waals surface area contributed by atoms with Gasteiger partial charge in [0.1, 0.15) is 11.2 Å². The average molecular weight is 625 g/mol. The second-order valence-electron chi connectivity index (χ2n) is 12.3. The lowest BCUT2D eigenvalue weighted by Crippen LogP contribution is -1.97. The molecule has 49 heavy (non-hydrogen) atoms. The highest BCUT2D eigenvalue weighted by Gasteiger charge is 2.21. The lowest BCUT2D eigenvalue weighted by atomic mass is 10.00. The molecule has 0 amide bonds. The molecule has 0 fully saturated rings. The first-order valence-electron chi connectivity index (χ1n) is 16.1. The molecule has 0 bridgehead atoms. The summed E-state index contributed by atoms with van der Waals surface area (Å²) >= 11 is 0. The van der Waals surface area contributed by atoms with E-state index >= 15 is 0 Å². The summed E-state index contributed by atoms with van der Waals surface area (Å²) in [7, 11) is 0. The van der Waals surface area contributed by atoms with Crippen LogP contribution in [0.15, 0.2) is 150 Å². The minimum atomic E-state index is 0.437. The van der Waals surface area contributed by atoms with E-state index in [2.05, 4.69) is 123 Å². The zero-order chi connectivity index (χ0) is 32.6. The Balaban J connectivity index is 1.27. The van der Waals surface area contributed by atoms with Crippen LogP contribution in [0.4, 0.5) is 5.69 Å².